The van der Waals surface area contributed by atoms with Gasteiger partial charge in [-0.1, -0.05) is 12.1 Å². The third-order valence-electron chi connectivity index (χ3n) is 3.71. The van der Waals surface area contributed by atoms with Gasteiger partial charge >= 0.3 is 6.18 Å². The predicted octanol–water partition coefficient (Wildman–Crippen LogP) is 2.97. The lowest BCUT2D eigenvalue weighted by Gasteiger charge is -2.23. The fourth-order valence-corrected chi connectivity index (χ4v) is 2.64. The summed E-state index contributed by atoms with van der Waals surface area (Å²) in [5.41, 5.74) is -0.738. The third-order valence-corrected chi connectivity index (χ3v) is 3.71. The van der Waals surface area contributed by atoms with E-state index in [-0.39, 0.29) is 31.3 Å². The second-order valence-electron chi connectivity index (χ2n) is 7.11. The largest absolute Gasteiger partial charge is 0.416 e. The number of carbonyl (C=O) groups is 2. The van der Waals surface area contributed by atoms with Gasteiger partial charge in [-0.15, -0.1) is 0 Å². The number of hydrogen-bond acceptors (Lipinski definition) is 2. The molecule has 2 rings (SSSR count). The van der Waals surface area contributed by atoms with Crippen LogP contribution in [0.25, 0.3) is 0 Å². The number of halogens is 3. The van der Waals surface area contributed by atoms with E-state index in [0.29, 0.717) is 5.56 Å². The summed E-state index contributed by atoms with van der Waals surface area (Å²) in [6.45, 7) is 5.84. The number of nitrogens with one attached hydrogen (secondary N) is 1. The maximum atomic E-state index is 12.8. The Hall–Kier alpha value is -2.05. The van der Waals surface area contributed by atoms with Crippen LogP contribution in [0.2, 0.25) is 0 Å². The number of carbonyl (C=O) groups excluding carboxylic acids is 2. The van der Waals surface area contributed by atoms with Crippen LogP contribution in [0.3, 0.4) is 0 Å². The second-order valence-corrected chi connectivity index (χ2v) is 7.11. The summed E-state index contributed by atoms with van der Waals surface area (Å²) in [6.07, 6.45) is -4.33. The molecular formula is C17H21F3N2O2. The van der Waals surface area contributed by atoms with Gasteiger partial charge in [0.25, 0.3) is 0 Å². The lowest BCUT2D eigenvalue weighted by atomic mass is 10.0. The van der Waals surface area contributed by atoms with Crippen LogP contribution in [0, 0.1) is 5.92 Å². The Morgan fingerprint density at radius 2 is 1.96 bits per heavy atom. The minimum atomic E-state index is -4.42. The number of likely N-dealkylation sites (tertiary alicyclic amines) is 1. The summed E-state index contributed by atoms with van der Waals surface area (Å²) >= 11 is 0. The molecular weight excluding hydrogens is 321 g/mol. The first-order valence-corrected chi connectivity index (χ1v) is 7.71. The Morgan fingerprint density at radius 1 is 1.29 bits per heavy atom. The molecule has 0 aliphatic carbocycles. The van der Waals surface area contributed by atoms with E-state index in [1.54, 1.807) is 6.07 Å². The summed E-state index contributed by atoms with van der Waals surface area (Å²) in [7, 11) is 0. The standard InChI is InChI=1S/C17H21F3N2O2/c1-16(2,3)21-15(24)12-8-14(23)22(10-12)9-11-5-4-6-13(7-11)17(18,19)20/h4-7,12H,8-10H2,1-3H3,(H,21,24). The zero-order chi connectivity index (χ0) is 18.1. The number of amides is 2. The number of rotatable bonds is 3. The minimum absolute atomic E-state index is 0.0715. The molecule has 0 bridgehead atoms. The second kappa shape index (κ2) is 6.45. The van der Waals surface area contributed by atoms with Gasteiger partial charge in [-0.25, -0.2) is 0 Å². The average molecular weight is 342 g/mol. The van der Waals surface area contributed by atoms with Crippen molar-refractivity contribution in [2.45, 2.75) is 45.5 Å². The van der Waals surface area contributed by atoms with Gasteiger partial charge in [-0.2, -0.15) is 13.2 Å². The molecule has 1 fully saturated rings. The van der Waals surface area contributed by atoms with Crippen molar-refractivity contribution < 1.29 is 22.8 Å². The molecule has 0 radical (unpaired) electrons. The van der Waals surface area contributed by atoms with Crippen molar-refractivity contribution in [2.24, 2.45) is 5.92 Å². The van der Waals surface area contributed by atoms with E-state index in [1.807, 2.05) is 20.8 Å². The fraction of sp³-hybridized carbons (Fsp3) is 0.529. The van der Waals surface area contributed by atoms with Gasteiger partial charge in [0.2, 0.25) is 11.8 Å². The van der Waals surface area contributed by atoms with Crippen molar-refractivity contribution in [1.29, 1.82) is 0 Å². The van der Waals surface area contributed by atoms with E-state index in [2.05, 4.69) is 5.32 Å². The lowest BCUT2D eigenvalue weighted by molar-refractivity contribution is -0.137. The van der Waals surface area contributed by atoms with Crippen molar-refractivity contribution in [1.82, 2.24) is 10.2 Å². The molecule has 0 aromatic heterocycles. The monoisotopic (exact) mass is 342 g/mol. The highest BCUT2D eigenvalue weighted by molar-refractivity contribution is 5.89. The summed E-state index contributed by atoms with van der Waals surface area (Å²) in [5.74, 6) is -0.897. The zero-order valence-electron chi connectivity index (χ0n) is 13.9. The van der Waals surface area contributed by atoms with Gasteiger partial charge in [-0.05, 0) is 38.5 Å². The summed E-state index contributed by atoms with van der Waals surface area (Å²) in [6, 6.07) is 4.90. The van der Waals surface area contributed by atoms with Crippen molar-refractivity contribution in [2.75, 3.05) is 6.54 Å². The van der Waals surface area contributed by atoms with Crippen LogP contribution < -0.4 is 5.32 Å². The Labute approximate surface area is 139 Å². The van der Waals surface area contributed by atoms with Crippen molar-refractivity contribution in [3.63, 3.8) is 0 Å². The summed E-state index contributed by atoms with van der Waals surface area (Å²) < 4.78 is 38.3. The third kappa shape index (κ3) is 4.72. The molecule has 4 nitrogen and oxygen atoms in total. The molecule has 0 saturated carbocycles. The first kappa shape index (κ1) is 18.3. The molecule has 0 spiro atoms. The van der Waals surface area contributed by atoms with Gasteiger partial charge in [0.05, 0.1) is 11.5 Å². The Morgan fingerprint density at radius 3 is 2.54 bits per heavy atom. The van der Waals surface area contributed by atoms with E-state index in [0.717, 1.165) is 12.1 Å². The molecule has 1 N–H and O–H groups in total. The Balaban J connectivity index is 2.04. The number of nitrogens with zero attached hydrogens (tertiary/aromatic N) is 1. The SMILES string of the molecule is CC(C)(C)NC(=O)C1CC(=O)N(Cc2cccc(C(F)(F)F)c2)C1. The van der Waals surface area contributed by atoms with E-state index < -0.39 is 23.2 Å². The highest BCUT2D eigenvalue weighted by Crippen LogP contribution is 2.30. The number of hydrogen-bond donors (Lipinski definition) is 1. The topological polar surface area (TPSA) is 49.4 Å². The maximum Gasteiger partial charge on any atom is 0.416 e. The molecule has 1 aliphatic heterocycles. The van der Waals surface area contributed by atoms with E-state index in [9.17, 15) is 22.8 Å². The minimum Gasteiger partial charge on any atom is -0.351 e. The molecule has 1 aromatic rings. The normalized spacial score (nSPS) is 18.8. The van der Waals surface area contributed by atoms with Crippen molar-refractivity contribution in [3.8, 4) is 0 Å². The highest BCUT2D eigenvalue weighted by atomic mass is 19.4. The first-order valence-electron chi connectivity index (χ1n) is 7.71. The number of benzene rings is 1. The molecule has 1 unspecified atom stereocenters. The quantitative estimate of drug-likeness (QED) is 0.918. The van der Waals surface area contributed by atoms with Crippen LogP contribution in [-0.2, 0) is 22.3 Å². The van der Waals surface area contributed by atoms with E-state index in [1.165, 1.54) is 11.0 Å². The van der Waals surface area contributed by atoms with E-state index >= 15 is 0 Å². The zero-order valence-corrected chi connectivity index (χ0v) is 13.9. The van der Waals surface area contributed by atoms with Gasteiger partial charge in [0, 0.05) is 25.0 Å². The Bertz CT molecular complexity index is 635. The summed E-state index contributed by atoms with van der Waals surface area (Å²) in [5, 5.41) is 2.83. The van der Waals surface area contributed by atoms with Crippen molar-refractivity contribution >= 4 is 11.8 Å². The molecule has 1 saturated heterocycles. The predicted molar refractivity (Wildman–Crippen MR) is 82.9 cm³/mol. The molecule has 132 valence electrons. The average Bonchev–Trinajstić information content (AvgIpc) is 2.78. The first-order chi connectivity index (χ1) is 11.0. The molecule has 2 amide bonds. The molecule has 24 heavy (non-hydrogen) atoms. The maximum absolute atomic E-state index is 12.8. The van der Waals surface area contributed by atoms with Crippen molar-refractivity contribution in [3.05, 3.63) is 35.4 Å². The van der Waals surface area contributed by atoms with Crippen LogP contribution in [0.5, 0.6) is 0 Å². The van der Waals surface area contributed by atoms with Crippen LogP contribution in [0.15, 0.2) is 24.3 Å². The van der Waals surface area contributed by atoms with Crippen LogP contribution in [0.1, 0.15) is 38.3 Å². The van der Waals surface area contributed by atoms with Gasteiger partial charge < -0.3 is 10.2 Å². The summed E-state index contributed by atoms with van der Waals surface area (Å²) in [4.78, 5) is 25.6. The molecule has 1 aliphatic rings. The van der Waals surface area contributed by atoms with Crippen LogP contribution in [-0.4, -0.2) is 28.8 Å². The number of alkyl halides is 3. The van der Waals surface area contributed by atoms with Gasteiger partial charge in [-0.3, -0.25) is 9.59 Å². The van der Waals surface area contributed by atoms with Gasteiger partial charge in [0.15, 0.2) is 0 Å². The van der Waals surface area contributed by atoms with Gasteiger partial charge in [0.1, 0.15) is 0 Å². The molecule has 1 heterocycles. The smallest absolute Gasteiger partial charge is 0.351 e. The van der Waals surface area contributed by atoms with Crippen LogP contribution >= 0.6 is 0 Å². The molecule has 7 heteroatoms. The molecule has 1 atom stereocenters. The Kier molecular flexibility index (Phi) is 4.92. The molecule has 1 aromatic carbocycles. The highest BCUT2D eigenvalue weighted by Gasteiger charge is 2.36. The fourth-order valence-electron chi connectivity index (χ4n) is 2.64. The van der Waals surface area contributed by atoms with E-state index in [4.69, 9.17) is 0 Å². The lowest BCUT2D eigenvalue weighted by Crippen LogP contribution is -2.44. The van der Waals surface area contributed by atoms with Crippen LogP contribution in [0.4, 0.5) is 13.2 Å².